The van der Waals surface area contributed by atoms with E-state index in [1.807, 2.05) is 41.1 Å². The highest BCUT2D eigenvalue weighted by Crippen LogP contribution is 2.31. The Kier molecular flexibility index (Phi) is 2.34. The van der Waals surface area contributed by atoms with Gasteiger partial charge in [0.05, 0.1) is 11.2 Å². The molecule has 0 aliphatic rings. The largest absolute Gasteiger partial charge is 0.376 e. The molecule has 0 atom stereocenters. The molecule has 98 valence electrons. The Bertz CT molecular complexity index is 873. The molecule has 0 amide bonds. The molecule has 1 aromatic carbocycles. The third-order valence-electron chi connectivity index (χ3n) is 3.49. The maximum absolute atomic E-state index is 9.46. The Morgan fingerprint density at radius 2 is 2.00 bits per heavy atom. The molecule has 5 nitrogen and oxygen atoms in total. The van der Waals surface area contributed by atoms with Gasteiger partial charge in [0.1, 0.15) is 12.2 Å². The average Bonchev–Trinajstić information content (AvgIpc) is 3.08. The van der Waals surface area contributed by atoms with Gasteiger partial charge < -0.3 is 14.7 Å². The van der Waals surface area contributed by atoms with Crippen LogP contribution in [0.2, 0.25) is 0 Å². The fourth-order valence-corrected chi connectivity index (χ4v) is 2.57. The fourth-order valence-electron chi connectivity index (χ4n) is 2.57. The van der Waals surface area contributed by atoms with Crippen molar-refractivity contribution in [1.29, 1.82) is 0 Å². The quantitative estimate of drug-likeness (QED) is 0.584. The molecule has 5 heteroatoms. The number of aliphatic hydroxyl groups is 1. The summed E-state index contributed by atoms with van der Waals surface area (Å²) in [4.78, 5) is 11.8. The number of para-hydroxylation sites is 1. The van der Waals surface area contributed by atoms with Crippen LogP contribution in [0.15, 0.2) is 48.9 Å². The number of aromatic amines is 1. The summed E-state index contributed by atoms with van der Waals surface area (Å²) in [7, 11) is 0. The summed E-state index contributed by atoms with van der Waals surface area (Å²) < 4.78 is 1.82. The lowest BCUT2D eigenvalue weighted by molar-refractivity contribution is 0.215. The number of aromatic nitrogens is 4. The van der Waals surface area contributed by atoms with Crippen LogP contribution in [0.25, 0.3) is 33.3 Å². The zero-order chi connectivity index (χ0) is 13.5. The van der Waals surface area contributed by atoms with E-state index >= 15 is 0 Å². The highest BCUT2D eigenvalue weighted by molar-refractivity contribution is 5.97. The van der Waals surface area contributed by atoms with Crippen molar-refractivity contribution in [2.24, 2.45) is 0 Å². The van der Waals surface area contributed by atoms with E-state index in [2.05, 4.69) is 15.0 Å². The van der Waals surface area contributed by atoms with Gasteiger partial charge in [-0.15, -0.1) is 0 Å². The minimum Gasteiger partial charge on any atom is -0.376 e. The molecule has 0 aliphatic heterocycles. The van der Waals surface area contributed by atoms with E-state index in [9.17, 15) is 5.11 Å². The molecule has 3 aromatic heterocycles. The third kappa shape index (κ3) is 1.53. The van der Waals surface area contributed by atoms with E-state index in [0.29, 0.717) is 0 Å². The number of rotatable bonds is 2. The van der Waals surface area contributed by atoms with E-state index < -0.39 is 0 Å². The molecule has 0 unspecified atom stereocenters. The molecule has 0 fully saturated rings. The topological polar surface area (TPSA) is 66.7 Å². The Balaban J connectivity index is 2.01. The number of hydrogen-bond donors (Lipinski definition) is 2. The van der Waals surface area contributed by atoms with Gasteiger partial charge in [-0.1, -0.05) is 18.2 Å². The van der Waals surface area contributed by atoms with Crippen LogP contribution < -0.4 is 0 Å². The number of nitrogens with one attached hydrogen (secondary N) is 1. The highest BCUT2D eigenvalue weighted by atomic mass is 16.3. The minimum absolute atomic E-state index is 0.0444. The van der Waals surface area contributed by atoms with Crippen LogP contribution in [0.3, 0.4) is 0 Å². The van der Waals surface area contributed by atoms with Gasteiger partial charge in [-0.2, -0.15) is 0 Å². The summed E-state index contributed by atoms with van der Waals surface area (Å²) in [6, 6.07) is 9.97. The summed E-state index contributed by atoms with van der Waals surface area (Å²) in [5.41, 5.74) is 4.60. The number of aliphatic hydroxyl groups excluding tert-OH is 1. The summed E-state index contributed by atoms with van der Waals surface area (Å²) >= 11 is 0. The molecule has 0 spiro atoms. The van der Waals surface area contributed by atoms with Gasteiger partial charge in [0.15, 0.2) is 5.65 Å². The molecule has 20 heavy (non-hydrogen) atoms. The van der Waals surface area contributed by atoms with Gasteiger partial charge in [0.2, 0.25) is 0 Å². The van der Waals surface area contributed by atoms with Crippen molar-refractivity contribution in [2.75, 3.05) is 0 Å². The molecule has 0 bridgehead atoms. The summed E-state index contributed by atoms with van der Waals surface area (Å²) in [6.07, 6.45) is 5.28. The van der Waals surface area contributed by atoms with Crippen molar-refractivity contribution in [2.45, 2.75) is 6.73 Å². The molecule has 2 N–H and O–H groups in total. The molecular formula is C15H12N4O. The zero-order valence-electron chi connectivity index (χ0n) is 10.6. The first-order valence-electron chi connectivity index (χ1n) is 6.35. The fraction of sp³-hybridized carbons (Fsp3) is 0.0667. The van der Waals surface area contributed by atoms with E-state index in [4.69, 9.17) is 0 Å². The van der Waals surface area contributed by atoms with E-state index in [1.54, 1.807) is 12.4 Å². The predicted octanol–water partition coefficient (Wildman–Crippen LogP) is 2.53. The summed E-state index contributed by atoms with van der Waals surface area (Å²) in [5.74, 6) is 0. The molecule has 0 radical (unpaired) electrons. The van der Waals surface area contributed by atoms with Crippen LogP contribution in [-0.4, -0.2) is 24.6 Å². The van der Waals surface area contributed by atoms with Crippen molar-refractivity contribution in [3.05, 3.63) is 48.9 Å². The first kappa shape index (κ1) is 11.2. The van der Waals surface area contributed by atoms with E-state index in [0.717, 1.165) is 33.3 Å². The van der Waals surface area contributed by atoms with Crippen molar-refractivity contribution in [3.63, 3.8) is 0 Å². The van der Waals surface area contributed by atoms with Crippen molar-refractivity contribution >= 4 is 22.1 Å². The summed E-state index contributed by atoms with van der Waals surface area (Å²) in [6.45, 7) is -0.0444. The van der Waals surface area contributed by atoms with E-state index in [-0.39, 0.29) is 6.73 Å². The Labute approximate surface area is 114 Å². The van der Waals surface area contributed by atoms with Crippen LogP contribution in [0.1, 0.15) is 0 Å². The van der Waals surface area contributed by atoms with Gasteiger partial charge in [-0.05, 0) is 12.1 Å². The first-order chi connectivity index (χ1) is 9.86. The number of hydrogen-bond acceptors (Lipinski definition) is 3. The van der Waals surface area contributed by atoms with Crippen LogP contribution in [0, 0.1) is 0 Å². The smallest absolute Gasteiger partial charge is 0.156 e. The lowest BCUT2D eigenvalue weighted by Crippen LogP contribution is -1.92. The monoisotopic (exact) mass is 264 g/mol. The standard InChI is InChI=1S/C15H12N4O/c20-9-19-8-11(10-3-1-2-4-14(10)19)12-7-13-15(18-12)17-6-5-16-13/h1-8,20H,9H2,(H,17,18). The SMILES string of the molecule is OCn1cc(-c2cc3nccnc3[nH]2)c2ccccc21. The van der Waals surface area contributed by atoms with Gasteiger partial charge in [0.25, 0.3) is 0 Å². The second-order valence-electron chi connectivity index (χ2n) is 4.64. The molecule has 0 saturated carbocycles. The van der Waals surface area contributed by atoms with Crippen LogP contribution >= 0.6 is 0 Å². The molecule has 0 aliphatic carbocycles. The number of fused-ring (bicyclic) bond motifs is 2. The number of benzene rings is 1. The van der Waals surface area contributed by atoms with Gasteiger partial charge in [-0.25, -0.2) is 4.98 Å². The highest BCUT2D eigenvalue weighted by Gasteiger charge is 2.12. The van der Waals surface area contributed by atoms with Gasteiger partial charge >= 0.3 is 0 Å². The van der Waals surface area contributed by atoms with Crippen LogP contribution in [0.5, 0.6) is 0 Å². The minimum atomic E-state index is -0.0444. The molecule has 4 rings (SSSR count). The maximum Gasteiger partial charge on any atom is 0.156 e. The molecule has 4 aromatic rings. The molecule has 3 heterocycles. The number of H-pyrrole nitrogens is 1. The van der Waals surface area contributed by atoms with Crippen molar-refractivity contribution in [1.82, 2.24) is 19.5 Å². The average molecular weight is 264 g/mol. The second-order valence-corrected chi connectivity index (χ2v) is 4.64. The lowest BCUT2D eigenvalue weighted by atomic mass is 10.1. The lowest BCUT2D eigenvalue weighted by Gasteiger charge is -1.97. The molecule has 0 saturated heterocycles. The Morgan fingerprint density at radius 1 is 1.15 bits per heavy atom. The maximum atomic E-state index is 9.46. The van der Waals surface area contributed by atoms with Crippen LogP contribution in [-0.2, 0) is 6.73 Å². The zero-order valence-corrected chi connectivity index (χ0v) is 10.6. The van der Waals surface area contributed by atoms with Gasteiger partial charge in [-0.3, -0.25) is 4.98 Å². The van der Waals surface area contributed by atoms with E-state index in [1.165, 1.54) is 0 Å². The van der Waals surface area contributed by atoms with Crippen molar-refractivity contribution in [3.8, 4) is 11.3 Å². The Hall–Kier alpha value is -2.66. The number of nitrogens with zero attached hydrogens (tertiary/aromatic N) is 3. The predicted molar refractivity (Wildman–Crippen MR) is 77.0 cm³/mol. The normalized spacial score (nSPS) is 11.4. The summed E-state index contributed by atoms with van der Waals surface area (Å²) in [5, 5.41) is 10.6. The van der Waals surface area contributed by atoms with Gasteiger partial charge in [0, 0.05) is 29.5 Å². The first-order valence-corrected chi connectivity index (χ1v) is 6.35. The van der Waals surface area contributed by atoms with Crippen LogP contribution in [0.4, 0.5) is 0 Å². The molecular weight excluding hydrogens is 252 g/mol. The Morgan fingerprint density at radius 3 is 2.85 bits per heavy atom. The second kappa shape index (κ2) is 4.18. The third-order valence-corrected chi connectivity index (χ3v) is 3.49. The van der Waals surface area contributed by atoms with Crippen molar-refractivity contribution < 1.29 is 5.11 Å².